The van der Waals surface area contributed by atoms with Crippen molar-refractivity contribution >= 4 is 34.5 Å². The third-order valence-electron chi connectivity index (χ3n) is 6.64. The Morgan fingerprint density at radius 3 is 2.02 bits per heavy atom. The molecule has 41 heavy (non-hydrogen) atoms. The van der Waals surface area contributed by atoms with Gasteiger partial charge in [-0.15, -0.1) is 0 Å². The minimum atomic E-state index is -1.31. The first-order valence-corrected chi connectivity index (χ1v) is 13.5. The van der Waals surface area contributed by atoms with Crippen LogP contribution in [0.4, 0.5) is 0 Å². The second kappa shape index (κ2) is 15.3. The second-order valence-corrected chi connectivity index (χ2v) is 9.83. The van der Waals surface area contributed by atoms with Gasteiger partial charge in [-0.2, -0.15) is 0 Å². The van der Waals surface area contributed by atoms with Gasteiger partial charge in [-0.1, -0.05) is 54.6 Å². The molecule has 11 heteroatoms. The Bertz CT molecular complexity index is 1350. The van der Waals surface area contributed by atoms with Crippen LogP contribution in [0.5, 0.6) is 5.75 Å². The molecular formula is C30H37N5O6. The molecular weight excluding hydrogens is 526 g/mol. The van der Waals surface area contributed by atoms with Gasteiger partial charge in [0.2, 0.25) is 17.7 Å². The molecule has 3 aromatic rings. The average Bonchev–Trinajstić information content (AvgIpc) is 2.95. The minimum absolute atomic E-state index is 0.0292. The lowest BCUT2D eigenvalue weighted by Crippen LogP contribution is -2.57. The maximum Gasteiger partial charge on any atom is 0.327 e. The first-order chi connectivity index (χ1) is 19.7. The van der Waals surface area contributed by atoms with Crippen LogP contribution in [0.25, 0.3) is 10.8 Å². The van der Waals surface area contributed by atoms with Crippen molar-refractivity contribution in [3.8, 4) is 5.75 Å². The Hall–Kier alpha value is -4.48. The number of carbonyl (C=O) groups excluding carboxylic acids is 3. The highest BCUT2D eigenvalue weighted by Crippen LogP contribution is 2.16. The number of phenols is 1. The first kappa shape index (κ1) is 31.1. The summed E-state index contributed by atoms with van der Waals surface area (Å²) in [6.45, 7) is 0.0655. The van der Waals surface area contributed by atoms with Crippen LogP contribution in [0.1, 0.15) is 30.4 Å². The highest BCUT2D eigenvalue weighted by molar-refractivity contribution is 5.94. The summed E-state index contributed by atoms with van der Waals surface area (Å²) < 4.78 is 0. The van der Waals surface area contributed by atoms with E-state index >= 15 is 0 Å². The van der Waals surface area contributed by atoms with Crippen LogP contribution in [-0.4, -0.2) is 65.1 Å². The number of hydrogen-bond acceptors (Lipinski definition) is 7. The monoisotopic (exact) mass is 563 g/mol. The molecule has 9 N–H and O–H groups in total. The molecule has 218 valence electrons. The van der Waals surface area contributed by atoms with Crippen molar-refractivity contribution in [2.45, 2.75) is 50.2 Å². The van der Waals surface area contributed by atoms with Crippen molar-refractivity contribution in [2.75, 3.05) is 13.1 Å². The first-order valence-electron chi connectivity index (χ1n) is 13.5. The van der Waals surface area contributed by atoms with Crippen molar-refractivity contribution in [1.82, 2.24) is 16.0 Å². The number of carboxylic acid groups (broad SMARTS) is 1. The summed E-state index contributed by atoms with van der Waals surface area (Å²) in [7, 11) is 0. The molecule has 0 aliphatic carbocycles. The van der Waals surface area contributed by atoms with Crippen LogP contribution >= 0.6 is 0 Å². The van der Waals surface area contributed by atoms with Gasteiger partial charge < -0.3 is 37.6 Å². The molecule has 0 spiro atoms. The van der Waals surface area contributed by atoms with Gasteiger partial charge in [0.15, 0.2) is 0 Å². The standard InChI is InChI=1S/C30H37N5O6/c31-14-4-3-7-24(28(38)35-26(18-32)30(40)41)34-29(39)25(16-19-9-12-23(36)13-10-19)33-27(37)17-20-8-11-21-5-1-2-6-22(21)15-20/h1-2,5-6,8-13,15,24-26,36H,3-4,7,14,16-18,31-32H2,(H,33,37)(H,34,39)(H,35,38)(H,40,41)/t24-,25?,26?/m0/s1. The van der Waals surface area contributed by atoms with Crippen LogP contribution in [-0.2, 0) is 32.0 Å². The lowest BCUT2D eigenvalue weighted by Gasteiger charge is -2.24. The zero-order valence-corrected chi connectivity index (χ0v) is 22.7. The highest BCUT2D eigenvalue weighted by atomic mass is 16.4. The fourth-order valence-corrected chi connectivity index (χ4v) is 4.38. The molecule has 2 unspecified atom stereocenters. The van der Waals surface area contributed by atoms with Gasteiger partial charge in [0.25, 0.3) is 0 Å². The van der Waals surface area contributed by atoms with E-state index in [-0.39, 0.29) is 31.6 Å². The molecule has 0 saturated heterocycles. The van der Waals surface area contributed by atoms with Crippen molar-refractivity contribution < 1.29 is 29.4 Å². The normalized spacial score (nSPS) is 13.1. The molecule has 0 bridgehead atoms. The summed E-state index contributed by atoms with van der Waals surface area (Å²) in [4.78, 5) is 50.9. The van der Waals surface area contributed by atoms with Gasteiger partial charge in [-0.05, 0) is 59.8 Å². The number of amides is 3. The van der Waals surface area contributed by atoms with Crippen molar-refractivity contribution in [1.29, 1.82) is 0 Å². The number of aromatic hydroxyl groups is 1. The second-order valence-electron chi connectivity index (χ2n) is 9.83. The molecule has 0 fully saturated rings. The third-order valence-corrected chi connectivity index (χ3v) is 6.64. The topological polar surface area (TPSA) is 197 Å². The van der Waals surface area contributed by atoms with Gasteiger partial charge in [-0.3, -0.25) is 14.4 Å². The Morgan fingerprint density at radius 2 is 1.37 bits per heavy atom. The van der Waals surface area contributed by atoms with Crippen molar-refractivity contribution in [3.63, 3.8) is 0 Å². The fourth-order valence-electron chi connectivity index (χ4n) is 4.38. The summed E-state index contributed by atoms with van der Waals surface area (Å²) in [6, 6.07) is 16.3. The van der Waals surface area contributed by atoms with Crippen LogP contribution in [0.2, 0.25) is 0 Å². The van der Waals surface area contributed by atoms with Gasteiger partial charge in [-0.25, -0.2) is 4.79 Å². The third kappa shape index (κ3) is 9.59. The van der Waals surface area contributed by atoms with E-state index in [1.54, 1.807) is 12.1 Å². The lowest BCUT2D eigenvalue weighted by atomic mass is 10.0. The number of carboxylic acids is 1. The van der Waals surface area contributed by atoms with Crippen molar-refractivity contribution in [2.24, 2.45) is 11.5 Å². The van der Waals surface area contributed by atoms with Crippen molar-refractivity contribution in [3.05, 3.63) is 77.9 Å². The number of nitrogens with two attached hydrogens (primary N) is 2. The molecule has 0 aromatic heterocycles. The number of benzene rings is 3. The zero-order valence-electron chi connectivity index (χ0n) is 22.7. The summed E-state index contributed by atoms with van der Waals surface area (Å²) in [5.74, 6) is -2.94. The number of rotatable bonds is 15. The Balaban J connectivity index is 1.78. The number of hydrogen-bond donors (Lipinski definition) is 7. The molecule has 11 nitrogen and oxygen atoms in total. The Labute approximate surface area is 238 Å². The number of phenolic OH excluding ortho intramolecular Hbond substituents is 1. The van der Waals surface area contributed by atoms with Crippen LogP contribution in [0.3, 0.4) is 0 Å². The quantitative estimate of drug-likeness (QED) is 0.133. The maximum absolute atomic E-state index is 13.5. The zero-order chi connectivity index (χ0) is 29.8. The minimum Gasteiger partial charge on any atom is -0.508 e. The predicted octanol–water partition coefficient (Wildman–Crippen LogP) is 0.957. The average molecular weight is 564 g/mol. The van der Waals surface area contributed by atoms with E-state index in [0.29, 0.717) is 24.9 Å². The molecule has 3 rings (SSSR count). The number of carbonyl (C=O) groups is 4. The summed E-state index contributed by atoms with van der Waals surface area (Å²) in [5.41, 5.74) is 12.5. The van der Waals surface area contributed by atoms with E-state index in [2.05, 4.69) is 16.0 Å². The number of aliphatic carboxylic acids is 1. The summed E-state index contributed by atoms with van der Waals surface area (Å²) >= 11 is 0. The smallest absolute Gasteiger partial charge is 0.327 e. The Morgan fingerprint density at radius 1 is 0.732 bits per heavy atom. The van der Waals surface area contributed by atoms with Gasteiger partial charge in [0.05, 0.1) is 6.42 Å². The fraction of sp³-hybridized carbons (Fsp3) is 0.333. The van der Waals surface area contributed by atoms with E-state index in [0.717, 1.165) is 16.3 Å². The van der Waals surface area contributed by atoms with E-state index in [9.17, 15) is 29.4 Å². The lowest BCUT2D eigenvalue weighted by molar-refractivity contribution is -0.142. The van der Waals surface area contributed by atoms with Gasteiger partial charge >= 0.3 is 5.97 Å². The maximum atomic E-state index is 13.5. The summed E-state index contributed by atoms with van der Waals surface area (Å²) in [6.07, 6.45) is 1.43. The van der Waals surface area contributed by atoms with Crippen LogP contribution in [0.15, 0.2) is 66.7 Å². The molecule has 0 aliphatic rings. The van der Waals surface area contributed by atoms with Gasteiger partial charge in [0.1, 0.15) is 23.9 Å². The molecule has 0 aliphatic heterocycles. The highest BCUT2D eigenvalue weighted by Gasteiger charge is 2.29. The van der Waals surface area contributed by atoms with E-state index in [1.807, 2.05) is 42.5 Å². The van der Waals surface area contributed by atoms with Crippen LogP contribution in [0, 0.1) is 0 Å². The van der Waals surface area contributed by atoms with Gasteiger partial charge in [0, 0.05) is 13.0 Å². The molecule has 3 amide bonds. The summed E-state index contributed by atoms with van der Waals surface area (Å²) in [5, 5.41) is 28.8. The molecule has 3 aromatic carbocycles. The SMILES string of the molecule is NCCCC[C@H](NC(=O)C(Cc1ccc(O)cc1)NC(=O)Cc1ccc2ccccc2c1)C(=O)NC(CN)C(=O)O. The molecule has 0 saturated carbocycles. The van der Waals surface area contributed by atoms with Crippen LogP contribution < -0.4 is 27.4 Å². The van der Waals surface area contributed by atoms with E-state index in [4.69, 9.17) is 11.5 Å². The number of unbranched alkanes of at least 4 members (excludes halogenated alkanes) is 1. The molecule has 3 atom stereocenters. The Kier molecular flexibility index (Phi) is 11.6. The van der Waals surface area contributed by atoms with E-state index < -0.39 is 41.8 Å². The van der Waals surface area contributed by atoms with E-state index in [1.165, 1.54) is 12.1 Å². The number of nitrogens with one attached hydrogen (secondary N) is 3. The largest absolute Gasteiger partial charge is 0.508 e. The molecule has 0 radical (unpaired) electrons. The predicted molar refractivity (Wildman–Crippen MR) is 155 cm³/mol. The number of fused-ring (bicyclic) bond motifs is 1. The molecule has 0 heterocycles.